The molecule has 1 saturated heterocycles. The van der Waals surface area contributed by atoms with Gasteiger partial charge in [-0.2, -0.15) is 10.5 Å². The SMILES string of the molecule is N#Cc1cccc(C(=O)N2CC[C@H](N(Cc3cc(F)ccc3F)c3ccc(C#N)c(Cl)c3)C2)c1. The summed E-state index contributed by atoms with van der Waals surface area (Å²) in [6, 6.07) is 18.6. The lowest BCUT2D eigenvalue weighted by Crippen LogP contribution is -2.39. The molecule has 1 aliphatic rings. The predicted octanol–water partition coefficient (Wildman–Crippen LogP) is 5.28. The summed E-state index contributed by atoms with van der Waals surface area (Å²) >= 11 is 6.25. The molecule has 1 atom stereocenters. The molecule has 0 spiro atoms. The van der Waals surface area contributed by atoms with Gasteiger partial charge in [0, 0.05) is 42.5 Å². The van der Waals surface area contributed by atoms with Gasteiger partial charge in [-0.3, -0.25) is 4.79 Å². The van der Waals surface area contributed by atoms with E-state index in [1.165, 1.54) is 0 Å². The van der Waals surface area contributed by atoms with Gasteiger partial charge in [-0.15, -0.1) is 0 Å². The largest absolute Gasteiger partial charge is 0.362 e. The lowest BCUT2D eigenvalue weighted by Gasteiger charge is -2.32. The van der Waals surface area contributed by atoms with Crippen molar-refractivity contribution in [2.45, 2.75) is 19.0 Å². The number of amides is 1. The zero-order valence-corrected chi connectivity index (χ0v) is 18.8. The van der Waals surface area contributed by atoms with E-state index in [2.05, 4.69) is 0 Å². The molecule has 3 aromatic rings. The molecule has 170 valence electrons. The van der Waals surface area contributed by atoms with E-state index in [4.69, 9.17) is 16.9 Å². The van der Waals surface area contributed by atoms with Crippen molar-refractivity contribution in [1.29, 1.82) is 10.5 Å². The number of carbonyl (C=O) groups excluding carboxylic acids is 1. The molecular weight excluding hydrogens is 458 g/mol. The molecule has 0 aromatic heterocycles. The lowest BCUT2D eigenvalue weighted by atomic mass is 10.1. The molecule has 1 aliphatic heterocycles. The van der Waals surface area contributed by atoms with E-state index in [-0.39, 0.29) is 29.1 Å². The first-order valence-corrected chi connectivity index (χ1v) is 11.0. The second-order valence-electron chi connectivity index (χ2n) is 8.03. The standard InChI is InChI=1S/C26H19ClF2N4O/c27-24-12-22(6-4-19(24)14-31)33(15-20-11-21(28)5-7-25(20)29)23-8-9-32(16-23)26(34)18-3-1-2-17(10-18)13-30/h1-7,10-12,23H,8-9,15-16H2/t23-/m0/s1. The van der Waals surface area contributed by atoms with Crippen LogP contribution in [0.4, 0.5) is 14.5 Å². The van der Waals surface area contributed by atoms with Crippen LogP contribution in [0.3, 0.4) is 0 Å². The molecule has 5 nitrogen and oxygen atoms in total. The van der Waals surface area contributed by atoms with E-state index in [9.17, 15) is 18.8 Å². The molecule has 8 heteroatoms. The Hall–Kier alpha value is -3.94. The average molecular weight is 477 g/mol. The molecule has 1 heterocycles. The third-order valence-electron chi connectivity index (χ3n) is 5.88. The highest BCUT2D eigenvalue weighted by Gasteiger charge is 2.32. The first kappa shape index (κ1) is 23.2. The van der Waals surface area contributed by atoms with Crippen LogP contribution in [-0.2, 0) is 6.54 Å². The third-order valence-corrected chi connectivity index (χ3v) is 6.20. The first-order chi connectivity index (χ1) is 16.4. The van der Waals surface area contributed by atoms with E-state index in [0.29, 0.717) is 41.9 Å². The maximum Gasteiger partial charge on any atom is 0.253 e. The van der Waals surface area contributed by atoms with Crippen molar-refractivity contribution in [2.24, 2.45) is 0 Å². The van der Waals surface area contributed by atoms with Gasteiger partial charge < -0.3 is 9.80 Å². The van der Waals surface area contributed by atoms with Gasteiger partial charge in [-0.05, 0) is 61.0 Å². The summed E-state index contributed by atoms with van der Waals surface area (Å²) in [7, 11) is 0. The molecule has 0 N–H and O–H groups in total. The summed E-state index contributed by atoms with van der Waals surface area (Å²) in [5, 5.41) is 18.6. The molecule has 1 amide bonds. The maximum absolute atomic E-state index is 14.5. The van der Waals surface area contributed by atoms with Crippen LogP contribution in [0.1, 0.15) is 33.5 Å². The van der Waals surface area contributed by atoms with E-state index in [1.807, 2.05) is 17.0 Å². The van der Waals surface area contributed by atoms with Gasteiger partial charge in [-0.1, -0.05) is 17.7 Å². The summed E-state index contributed by atoms with van der Waals surface area (Å²) in [6.45, 7) is 0.874. The van der Waals surface area contributed by atoms with Crippen LogP contribution in [0.15, 0.2) is 60.7 Å². The molecule has 0 aliphatic carbocycles. The number of likely N-dealkylation sites (tertiary alicyclic amines) is 1. The zero-order valence-electron chi connectivity index (χ0n) is 18.0. The van der Waals surface area contributed by atoms with Crippen molar-refractivity contribution in [3.8, 4) is 12.1 Å². The van der Waals surface area contributed by atoms with Crippen molar-refractivity contribution in [3.05, 3.63) is 99.6 Å². The molecule has 0 unspecified atom stereocenters. The topological polar surface area (TPSA) is 71.1 Å². The van der Waals surface area contributed by atoms with E-state index in [0.717, 1.165) is 18.2 Å². The highest BCUT2D eigenvalue weighted by Crippen LogP contribution is 2.30. The summed E-state index contributed by atoms with van der Waals surface area (Å²) in [5.74, 6) is -1.28. The summed E-state index contributed by atoms with van der Waals surface area (Å²) in [5.41, 5.74) is 1.94. The maximum atomic E-state index is 14.5. The smallest absolute Gasteiger partial charge is 0.253 e. The van der Waals surface area contributed by atoms with Crippen LogP contribution in [0.5, 0.6) is 0 Å². The monoisotopic (exact) mass is 476 g/mol. The van der Waals surface area contributed by atoms with Crippen LogP contribution < -0.4 is 4.90 Å². The molecule has 4 rings (SSSR count). The fourth-order valence-electron chi connectivity index (χ4n) is 4.14. The van der Waals surface area contributed by atoms with Gasteiger partial charge >= 0.3 is 0 Å². The van der Waals surface area contributed by atoms with Gasteiger partial charge in [0.2, 0.25) is 0 Å². The molecule has 3 aromatic carbocycles. The van der Waals surface area contributed by atoms with Gasteiger partial charge in [0.25, 0.3) is 5.91 Å². The Kier molecular flexibility index (Phi) is 6.77. The number of anilines is 1. The van der Waals surface area contributed by atoms with E-state index in [1.54, 1.807) is 47.4 Å². The Labute approximate surface area is 201 Å². The second-order valence-corrected chi connectivity index (χ2v) is 8.43. The van der Waals surface area contributed by atoms with Crippen molar-refractivity contribution in [1.82, 2.24) is 4.90 Å². The minimum absolute atomic E-state index is 0.0580. The number of nitriles is 2. The Morgan fingerprint density at radius 3 is 2.65 bits per heavy atom. The van der Waals surface area contributed by atoms with Crippen molar-refractivity contribution < 1.29 is 13.6 Å². The number of hydrogen-bond acceptors (Lipinski definition) is 4. The molecule has 34 heavy (non-hydrogen) atoms. The van der Waals surface area contributed by atoms with Crippen molar-refractivity contribution in [2.75, 3.05) is 18.0 Å². The van der Waals surface area contributed by atoms with Crippen LogP contribution in [0, 0.1) is 34.3 Å². The lowest BCUT2D eigenvalue weighted by molar-refractivity contribution is 0.0790. The molecule has 0 bridgehead atoms. The number of carbonyl (C=O) groups is 1. The number of halogens is 3. The number of benzene rings is 3. The van der Waals surface area contributed by atoms with E-state index < -0.39 is 11.6 Å². The van der Waals surface area contributed by atoms with Gasteiger partial charge in [-0.25, -0.2) is 8.78 Å². The second kappa shape index (κ2) is 9.91. The number of hydrogen-bond donors (Lipinski definition) is 0. The minimum atomic E-state index is -0.546. The van der Waals surface area contributed by atoms with Crippen LogP contribution in [0.25, 0.3) is 0 Å². The predicted molar refractivity (Wildman–Crippen MR) is 124 cm³/mol. The van der Waals surface area contributed by atoms with Gasteiger partial charge in [0.1, 0.15) is 17.7 Å². The number of rotatable bonds is 5. The van der Waals surface area contributed by atoms with Gasteiger partial charge in [0.15, 0.2) is 0 Å². The first-order valence-electron chi connectivity index (χ1n) is 10.6. The minimum Gasteiger partial charge on any atom is -0.362 e. The number of nitrogens with zero attached hydrogens (tertiary/aromatic N) is 4. The Bertz CT molecular complexity index is 1330. The highest BCUT2D eigenvalue weighted by atomic mass is 35.5. The summed E-state index contributed by atoms with van der Waals surface area (Å²) < 4.78 is 28.3. The van der Waals surface area contributed by atoms with Crippen LogP contribution in [-0.4, -0.2) is 29.9 Å². The quantitative estimate of drug-likeness (QED) is 0.502. The average Bonchev–Trinajstić information content (AvgIpc) is 3.34. The molecule has 0 radical (unpaired) electrons. The molecule has 0 saturated carbocycles. The van der Waals surface area contributed by atoms with Crippen LogP contribution in [0.2, 0.25) is 5.02 Å². The summed E-state index contributed by atoms with van der Waals surface area (Å²) in [4.78, 5) is 16.6. The Balaban J connectivity index is 1.63. The Morgan fingerprint density at radius 2 is 1.91 bits per heavy atom. The van der Waals surface area contributed by atoms with Crippen molar-refractivity contribution in [3.63, 3.8) is 0 Å². The molecule has 1 fully saturated rings. The Morgan fingerprint density at radius 1 is 1.09 bits per heavy atom. The van der Waals surface area contributed by atoms with E-state index >= 15 is 0 Å². The van der Waals surface area contributed by atoms with Crippen molar-refractivity contribution >= 4 is 23.2 Å². The van der Waals surface area contributed by atoms with Crippen LogP contribution >= 0.6 is 11.6 Å². The normalized spacial score (nSPS) is 15.0. The fraction of sp³-hybridized carbons (Fsp3) is 0.192. The van der Waals surface area contributed by atoms with Gasteiger partial charge in [0.05, 0.1) is 22.2 Å². The fourth-order valence-corrected chi connectivity index (χ4v) is 4.35. The molecular formula is C26H19ClF2N4O. The highest BCUT2D eigenvalue weighted by molar-refractivity contribution is 6.32. The summed E-state index contributed by atoms with van der Waals surface area (Å²) in [6.07, 6.45) is 0.595. The zero-order chi connectivity index (χ0) is 24.2. The third kappa shape index (κ3) is 4.85.